The molecule has 7 heteroatoms. The predicted molar refractivity (Wildman–Crippen MR) is 66.5 cm³/mol. The van der Waals surface area contributed by atoms with Gasteiger partial charge in [0.1, 0.15) is 0 Å². The highest BCUT2D eigenvalue weighted by molar-refractivity contribution is 6.34. The Labute approximate surface area is 113 Å². The zero-order valence-corrected chi connectivity index (χ0v) is 10.4. The zero-order chi connectivity index (χ0) is 14.2. The fraction of sp³-hybridized carbons (Fsp3) is 0.250. The van der Waals surface area contributed by atoms with Crippen molar-refractivity contribution >= 4 is 35.1 Å². The van der Waals surface area contributed by atoms with Crippen LogP contribution in [0.25, 0.3) is 0 Å². The molecule has 1 amide bonds. The van der Waals surface area contributed by atoms with E-state index in [1.54, 1.807) is 0 Å². The van der Waals surface area contributed by atoms with E-state index < -0.39 is 17.9 Å². The van der Waals surface area contributed by atoms with Gasteiger partial charge in [-0.15, -0.1) is 0 Å². The Hall–Kier alpha value is -2.08. The smallest absolute Gasteiger partial charge is 0.335 e. The maximum absolute atomic E-state index is 11.8. The summed E-state index contributed by atoms with van der Waals surface area (Å²) in [6.45, 7) is -0.00302. The summed E-state index contributed by atoms with van der Waals surface area (Å²) in [6.07, 6.45) is -0.108. The molecule has 1 atom stereocenters. The van der Waals surface area contributed by atoms with Crippen LogP contribution in [-0.4, -0.2) is 34.6 Å². The third kappa shape index (κ3) is 2.53. The van der Waals surface area contributed by atoms with Crippen LogP contribution in [0.15, 0.2) is 18.2 Å². The molecule has 0 unspecified atom stereocenters. The van der Waals surface area contributed by atoms with E-state index in [0.717, 1.165) is 0 Å². The van der Waals surface area contributed by atoms with Crippen molar-refractivity contribution in [3.8, 4) is 0 Å². The van der Waals surface area contributed by atoms with Gasteiger partial charge in [0.25, 0.3) is 0 Å². The van der Waals surface area contributed by atoms with Crippen molar-refractivity contribution in [2.24, 2.45) is 5.92 Å². The summed E-state index contributed by atoms with van der Waals surface area (Å²) in [5.74, 6) is -3.37. The van der Waals surface area contributed by atoms with Crippen molar-refractivity contribution < 1.29 is 24.6 Å². The molecule has 19 heavy (non-hydrogen) atoms. The van der Waals surface area contributed by atoms with Crippen molar-refractivity contribution in [3.63, 3.8) is 0 Å². The first kappa shape index (κ1) is 13.4. The summed E-state index contributed by atoms with van der Waals surface area (Å²) in [6, 6.07) is 3.97. The molecule has 0 saturated carbocycles. The van der Waals surface area contributed by atoms with Crippen LogP contribution < -0.4 is 4.90 Å². The van der Waals surface area contributed by atoms with E-state index in [1.807, 2.05) is 0 Å². The maximum atomic E-state index is 11.8. The van der Waals surface area contributed by atoms with Crippen LogP contribution in [0, 0.1) is 5.92 Å². The number of benzene rings is 1. The second-order valence-electron chi connectivity index (χ2n) is 4.21. The second-order valence-corrected chi connectivity index (χ2v) is 4.62. The second kappa shape index (κ2) is 4.89. The van der Waals surface area contributed by atoms with Gasteiger partial charge >= 0.3 is 11.9 Å². The summed E-state index contributed by atoms with van der Waals surface area (Å²) >= 11 is 5.94. The first-order valence-electron chi connectivity index (χ1n) is 5.46. The lowest BCUT2D eigenvalue weighted by Gasteiger charge is -2.18. The van der Waals surface area contributed by atoms with E-state index >= 15 is 0 Å². The molecule has 0 spiro atoms. The Balaban J connectivity index is 2.36. The molecule has 6 nitrogen and oxygen atoms in total. The fourth-order valence-electron chi connectivity index (χ4n) is 1.96. The lowest BCUT2D eigenvalue weighted by Crippen LogP contribution is -2.26. The summed E-state index contributed by atoms with van der Waals surface area (Å²) in [5, 5.41) is 18.0. The minimum absolute atomic E-state index is 0.00302. The van der Waals surface area contributed by atoms with E-state index in [4.69, 9.17) is 21.8 Å². The Morgan fingerprint density at radius 1 is 1.32 bits per heavy atom. The number of hydrogen-bond acceptors (Lipinski definition) is 3. The van der Waals surface area contributed by atoms with E-state index in [1.165, 1.54) is 23.1 Å². The quantitative estimate of drug-likeness (QED) is 0.876. The number of aliphatic carboxylic acids is 1. The Kier molecular flexibility index (Phi) is 3.44. The SMILES string of the molecule is O=C(O)c1ccc(Cl)c(N2C[C@@H](C(=O)O)CC2=O)c1. The summed E-state index contributed by atoms with van der Waals surface area (Å²) in [7, 11) is 0. The third-order valence-electron chi connectivity index (χ3n) is 2.96. The lowest BCUT2D eigenvalue weighted by atomic mass is 10.1. The van der Waals surface area contributed by atoms with E-state index in [2.05, 4.69) is 0 Å². The highest BCUT2D eigenvalue weighted by atomic mass is 35.5. The number of halogens is 1. The van der Waals surface area contributed by atoms with Crippen LogP contribution in [-0.2, 0) is 9.59 Å². The van der Waals surface area contributed by atoms with Crippen molar-refractivity contribution in [1.82, 2.24) is 0 Å². The minimum atomic E-state index is -1.14. The van der Waals surface area contributed by atoms with Crippen LogP contribution in [0.3, 0.4) is 0 Å². The van der Waals surface area contributed by atoms with Gasteiger partial charge < -0.3 is 15.1 Å². The number of carboxylic acid groups (broad SMARTS) is 2. The van der Waals surface area contributed by atoms with Gasteiger partial charge in [-0.1, -0.05) is 11.6 Å². The molecule has 1 saturated heterocycles. The normalized spacial score (nSPS) is 18.7. The molecule has 1 heterocycles. The first-order valence-corrected chi connectivity index (χ1v) is 5.84. The van der Waals surface area contributed by atoms with E-state index in [9.17, 15) is 14.4 Å². The molecular weight excluding hydrogens is 274 g/mol. The number of hydrogen-bond donors (Lipinski definition) is 2. The summed E-state index contributed by atoms with van der Waals surface area (Å²) in [5.41, 5.74) is 0.223. The monoisotopic (exact) mass is 283 g/mol. The van der Waals surface area contributed by atoms with Crippen LogP contribution in [0.2, 0.25) is 5.02 Å². The van der Waals surface area contributed by atoms with Gasteiger partial charge in [0, 0.05) is 13.0 Å². The number of aromatic carboxylic acids is 1. The highest BCUT2D eigenvalue weighted by Crippen LogP contribution is 2.32. The number of amides is 1. The van der Waals surface area contributed by atoms with E-state index in [0.29, 0.717) is 0 Å². The van der Waals surface area contributed by atoms with Crippen molar-refractivity contribution in [3.05, 3.63) is 28.8 Å². The van der Waals surface area contributed by atoms with Gasteiger partial charge in [0.15, 0.2) is 0 Å². The molecule has 2 rings (SSSR count). The van der Waals surface area contributed by atoms with Crippen LogP contribution in [0.1, 0.15) is 16.8 Å². The molecule has 100 valence electrons. The van der Waals surface area contributed by atoms with Gasteiger partial charge in [-0.2, -0.15) is 0 Å². The zero-order valence-electron chi connectivity index (χ0n) is 9.67. The van der Waals surface area contributed by atoms with E-state index in [-0.39, 0.29) is 35.1 Å². The Morgan fingerprint density at radius 2 is 2.00 bits per heavy atom. The van der Waals surface area contributed by atoms with Crippen molar-refractivity contribution in [2.45, 2.75) is 6.42 Å². The summed E-state index contributed by atoms with van der Waals surface area (Å²) < 4.78 is 0. The van der Waals surface area contributed by atoms with Crippen LogP contribution in [0.5, 0.6) is 0 Å². The molecular formula is C12H10ClNO5. The molecule has 1 fully saturated rings. The Bertz CT molecular complexity index is 571. The number of nitrogens with zero attached hydrogens (tertiary/aromatic N) is 1. The number of anilines is 1. The topological polar surface area (TPSA) is 94.9 Å². The molecule has 1 aliphatic heterocycles. The molecule has 0 aliphatic carbocycles. The number of carboxylic acids is 2. The van der Waals surface area contributed by atoms with Gasteiger partial charge in [0.05, 0.1) is 22.2 Å². The number of rotatable bonds is 3. The van der Waals surface area contributed by atoms with Crippen LogP contribution >= 0.6 is 11.6 Å². The fourth-order valence-corrected chi connectivity index (χ4v) is 2.18. The number of carbonyl (C=O) groups excluding carboxylic acids is 1. The van der Waals surface area contributed by atoms with Gasteiger partial charge in [-0.05, 0) is 18.2 Å². The predicted octanol–water partition coefficient (Wildman–Crippen LogP) is 1.48. The molecule has 2 N–H and O–H groups in total. The van der Waals surface area contributed by atoms with Crippen LogP contribution in [0.4, 0.5) is 5.69 Å². The molecule has 0 aromatic heterocycles. The van der Waals surface area contributed by atoms with Crippen molar-refractivity contribution in [1.29, 1.82) is 0 Å². The van der Waals surface area contributed by atoms with Crippen molar-refractivity contribution in [2.75, 3.05) is 11.4 Å². The highest BCUT2D eigenvalue weighted by Gasteiger charge is 2.36. The first-order chi connectivity index (χ1) is 8.90. The van der Waals surface area contributed by atoms with Gasteiger partial charge in [0.2, 0.25) is 5.91 Å². The van der Waals surface area contributed by atoms with Gasteiger partial charge in [-0.25, -0.2) is 4.79 Å². The number of carbonyl (C=O) groups is 3. The molecule has 1 aromatic carbocycles. The summed E-state index contributed by atoms with van der Waals surface area (Å²) in [4.78, 5) is 34.8. The largest absolute Gasteiger partial charge is 0.481 e. The molecule has 0 radical (unpaired) electrons. The average Bonchev–Trinajstić information content (AvgIpc) is 2.72. The standard InChI is InChI=1S/C12H10ClNO5/c13-8-2-1-6(11(16)17)3-9(8)14-5-7(12(18)19)4-10(14)15/h1-3,7H,4-5H2,(H,16,17)(H,18,19)/t7-/m0/s1. The Morgan fingerprint density at radius 3 is 2.53 bits per heavy atom. The van der Waals surface area contributed by atoms with Gasteiger partial charge in [-0.3, -0.25) is 9.59 Å². The molecule has 0 bridgehead atoms. The molecule has 1 aromatic rings. The third-order valence-corrected chi connectivity index (χ3v) is 3.28. The maximum Gasteiger partial charge on any atom is 0.335 e. The lowest BCUT2D eigenvalue weighted by molar-refractivity contribution is -0.141. The molecule has 1 aliphatic rings. The minimum Gasteiger partial charge on any atom is -0.481 e. The average molecular weight is 284 g/mol.